The highest BCUT2D eigenvalue weighted by molar-refractivity contribution is 9.10. The van der Waals surface area contributed by atoms with Gasteiger partial charge in [-0.2, -0.15) is 0 Å². The van der Waals surface area contributed by atoms with E-state index < -0.39 is 23.2 Å². The van der Waals surface area contributed by atoms with Crippen molar-refractivity contribution in [3.8, 4) is 0 Å². The Balaban J connectivity index is 2.11. The van der Waals surface area contributed by atoms with Gasteiger partial charge in [0.2, 0.25) is 0 Å². The molecule has 2 rings (SSSR count). The van der Waals surface area contributed by atoms with Crippen LogP contribution < -0.4 is 5.73 Å². The van der Waals surface area contributed by atoms with E-state index in [1.54, 1.807) is 12.3 Å². The lowest BCUT2D eigenvalue weighted by atomic mass is 10.2. The van der Waals surface area contributed by atoms with E-state index in [2.05, 4.69) is 20.9 Å². The number of halogens is 3. The molecule has 20 heavy (non-hydrogen) atoms. The average molecular weight is 343 g/mol. The molecule has 1 aromatic heterocycles. The van der Waals surface area contributed by atoms with Crippen LogP contribution in [-0.2, 0) is 11.3 Å². The number of hydrogen-bond acceptors (Lipinski definition) is 4. The van der Waals surface area contributed by atoms with Crippen molar-refractivity contribution >= 4 is 27.6 Å². The maximum absolute atomic E-state index is 13.5. The number of nitrogens with zero attached hydrogens (tertiary/aromatic N) is 1. The molecule has 0 aliphatic heterocycles. The summed E-state index contributed by atoms with van der Waals surface area (Å²) in [6, 6.07) is 3.16. The molecule has 0 unspecified atom stereocenters. The standard InChI is InChI=1S/C13H9BrF2N2O2/c14-8-1-7(4-18-5-8)6-20-13(19)9-2-12(17)11(16)3-10(9)15/h1-5H,6,17H2. The molecule has 2 aromatic rings. The van der Waals surface area contributed by atoms with Crippen molar-refractivity contribution in [1.82, 2.24) is 4.98 Å². The summed E-state index contributed by atoms with van der Waals surface area (Å²) in [5.41, 5.74) is 5.19. The monoisotopic (exact) mass is 342 g/mol. The highest BCUT2D eigenvalue weighted by Crippen LogP contribution is 2.18. The molecule has 7 heteroatoms. The van der Waals surface area contributed by atoms with Crippen LogP contribution in [0.25, 0.3) is 0 Å². The molecule has 0 aliphatic rings. The topological polar surface area (TPSA) is 65.2 Å². The molecular formula is C13H9BrF2N2O2. The number of carbonyl (C=O) groups excluding carboxylic acids is 1. The highest BCUT2D eigenvalue weighted by atomic mass is 79.9. The average Bonchev–Trinajstić information content (AvgIpc) is 2.40. The quantitative estimate of drug-likeness (QED) is 0.687. The van der Waals surface area contributed by atoms with Crippen LogP contribution in [0.15, 0.2) is 35.1 Å². The van der Waals surface area contributed by atoms with Gasteiger partial charge >= 0.3 is 5.97 Å². The van der Waals surface area contributed by atoms with Crippen molar-refractivity contribution in [1.29, 1.82) is 0 Å². The van der Waals surface area contributed by atoms with E-state index in [0.29, 0.717) is 11.6 Å². The zero-order chi connectivity index (χ0) is 14.7. The molecule has 104 valence electrons. The van der Waals surface area contributed by atoms with Crippen LogP contribution in [0.2, 0.25) is 0 Å². The fourth-order valence-corrected chi connectivity index (χ4v) is 1.90. The molecule has 0 bridgehead atoms. The van der Waals surface area contributed by atoms with E-state index in [4.69, 9.17) is 10.5 Å². The van der Waals surface area contributed by atoms with Crippen LogP contribution in [0.1, 0.15) is 15.9 Å². The van der Waals surface area contributed by atoms with E-state index in [0.717, 1.165) is 10.5 Å². The smallest absolute Gasteiger partial charge is 0.341 e. The van der Waals surface area contributed by atoms with Gasteiger partial charge in [-0.25, -0.2) is 13.6 Å². The Bertz CT molecular complexity index is 665. The van der Waals surface area contributed by atoms with E-state index in [9.17, 15) is 13.6 Å². The Morgan fingerprint density at radius 3 is 2.70 bits per heavy atom. The van der Waals surface area contributed by atoms with Crippen LogP contribution in [-0.4, -0.2) is 11.0 Å². The fourth-order valence-electron chi connectivity index (χ4n) is 1.48. The van der Waals surface area contributed by atoms with Gasteiger partial charge in [-0.1, -0.05) is 0 Å². The fraction of sp³-hybridized carbons (Fsp3) is 0.0769. The number of esters is 1. The molecule has 0 radical (unpaired) electrons. The molecule has 0 saturated carbocycles. The lowest BCUT2D eigenvalue weighted by Crippen LogP contribution is -2.09. The molecule has 0 saturated heterocycles. The molecule has 0 spiro atoms. The van der Waals surface area contributed by atoms with E-state index >= 15 is 0 Å². The van der Waals surface area contributed by atoms with Crippen molar-refractivity contribution in [2.45, 2.75) is 6.61 Å². The van der Waals surface area contributed by atoms with Crippen molar-refractivity contribution in [2.24, 2.45) is 0 Å². The Hall–Kier alpha value is -2.02. The first kappa shape index (κ1) is 14.4. The highest BCUT2D eigenvalue weighted by Gasteiger charge is 2.16. The largest absolute Gasteiger partial charge is 0.457 e. The number of hydrogen-bond donors (Lipinski definition) is 1. The van der Waals surface area contributed by atoms with Gasteiger partial charge in [0.25, 0.3) is 0 Å². The summed E-state index contributed by atoms with van der Waals surface area (Å²) in [4.78, 5) is 15.6. The van der Waals surface area contributed by atoms with Crippen molar-refractivity contribution in [3.05, 3.63) is 57.8 Å². The van der Waals surface area contributed by atoms with Gasteiger partial charge in [-0.15, -0.1) is 0 Å². The van der Waals surface area contributed by atoms with Gasteiger partial charge in [-0.3, -0.25) is 4.98 Å². The van der Waals surface area contributed by atoms with Gasteiger partial charge in [-0.05, 0) is 28.1 Å². The number of benzene rings is 1. The van der Waals surface area contributed by atoms with Gasteiger partial charge in [0.15, 0.2) is 0 Å². The number of nitrogen functional groups attached to an aromatic ring is 1. The number of pyridine rings is 1. The molecule has 4 nitrogen and oxygen atoms in total. The molecule has 0 fully saturated rings. The van der Waals surface area contributed by atoms with Crippen molar-refractivity contribution in [3.63, 3.8) is 0 Å². The molecule has 1 heterocycles. The van der Waals surface area contributed by atoms with Crippen molar-refractivity contribution < 1.29 is 18.3 Å². The SMILES string of the molecule is Nc1cc(C(=O)OCc2cncc(Br)c2)c(F)cc1F. The first-order valence-corrected chi connectivity index (χ1v) is 6.27. The van der Waals surface area contributed by atoms with Crippen LogP contribution in [0.4, 0.5) is 14.5 Å². The van der Waals surface area contributed by atoms with Crippen LogP contribution >= 0.6 is 15.9 Å². The van der Waals surface area contributed by atoms with E-state index in [-0.39, 0.29) is 12.3 Å². The summed E-state index contributed by atoms with van der Waals surface area (Å²) in [5, 5.41) is 0. The minimum Gasteiger partial charge on any atom is -0.457 e. The minimum absolute atomic E-state index is 0.0814. The zero-order valence-corrected chi connectivity index (χ0v) is 11.7. The first-order chi connectivity index (χ1) is 9.47. The summed E-state index contributed by atoms with van der Waals surface area (Å²) >= 11 is 3.22. The predicted molar refractivity (Wildman–Crippen MR) is 71.8 cm³/mol. The van der Waals surface area contributed by atoms with Crippen molar-refractivity contribution in [2.75, 3.05) is 5.73 Å². The van der Waals surface area contributed by atoms with Gasteiger partial charge in [0, 0.05) is 28.5 Å². The minimum atomic E-state index is -1.02. The normalized spacial score (nSPS) is 10.3. The third-order valence-electron chi connectivity index (χ3n) is 2.44. The second-order valence-corrected chi connectivity index (χ2v) is 4.86. The van der Waals surface area contributed by atoms with Gasteiger partial charge in [0.1, 0.15) is 18.2 Å². The Morgan fingerprint density at radius 1 is 1.25 bits per heavy atom. The van der Waals surface area contributed by atoms with Crippen LogP contribution in [0.3, 0.4) is 0 Å². The van der Waals surface area contributed by atoms with Crippen LogP contribution in [0, 0.1) is 11.6 Å². The summed E-state index contributed by atoms with van der Waals surface area (Å²) in [7, 11) is 0. The third-order valence-corrected chi connectivity index (χ3v) is 2.87. The zero-order valence-electron chi connectivity index (χ0n) is 10.1. The first-order valence-electron chi connectivity index (χ1n) is 5.48. The lowest BCUT2D eigenvalue weighted by Gasteiger charge is -2.07. The van der Waals surface area contributed by atoms with Gasteiger partial charge in [0.05, 0.1) is 11.3 Å². The predicted octanol–water partition coefficient (Wildman–Crippen LogP) is 3.06. The third kappa shape index (κ3) is 3.30. The Labute approximate surface area is 121 Å². The molecule has 2 N–H and O–H groups in total. The van der Waals surface area contributed by atoms with Gasteiger partial charge < -0.3 is 10.5 Å². The maximum atomic E-state index is 13.5. The molecule has 0 aliphatic carbocycles. The summed E-state index contributed by atoms with van der Waals surface area (Å²) in [6.45, 7) is -0.0814. The number of ether oxygens (including phenoxy) is 1. The molecule has 1 aromatic carbocycles. The summed E-state index contributed by atoms with van der Waals surface area (Å²) < 4.78 is 32.1. The molecule has 0 atom stereocenters. The van der Waals surface area contributed by atoms with E-state index in [1.807, 2.05) is 0 Å². The second kappa shape index (κ2) is 5.96. The number of anilines is 1. The molecular weight excluding hydrogens is 334 g/mol. The Kier molecular flexibility index (Phi) is 4.29. The number of nitrogens with two attached hydrogens (primary N) is 1. The number of aromatic nitrogens is 1. The maximum Gasteiger partial charge on any atom is 0.341 e. The number of rotatable bonds is 3. The second-order valence-electron chi connectivity index (χ2n) is 3.94. The lowest BCUT2D eigenvalue weighted by molar-refractivity contribution is 0.0467. The number of carbonyl (C=O) groups is 1. The summed E-state index contributed by atoms with van der Waals surface area (Å²) in [6.07, 6.45) is 3.08. The van der Waals surface area contributed by atoms with Crippen LogP contribution in [0.5, 0.6) is 0 Å². The Morgan fingerprint density at radius 2 is 2.00 bits per heavy atom. The molecule has 0 amide bonds. The van der Waals surface area contributed by atoms with E-state index in [1.165, 1.54) is 6.20 Å². The summed E-state index contributed by atoms with van der Waals surface area (Å²) in [5.74, 6) is -2.86.